The van der Waals surface area contributed by atoms with Crippen molar-refractivity contribution in [2.45, 2.75) is 20.3 Å². The summed E-state index contributed by atoms with van der Waals surface area (Å²) in [4.78, 5) is 16.1. The Hall–Kier alpha value is -1.88. The van der Waals surface area contributed by atoms with Crippen molar-refractivity contribution in [3.05, 3.63) is 35.3 Å². The lowest BCUT2D eigenvalue weighted by Crippen LogP contribution is -2.29. The van der Waals surface area contributed by atoms with E-state index in [1.54, 1.807) is 18.4 Å². The lowest BCUT2D eigenvalue weighted by atomic mass is 10.2. The summed E-state index contributed by atoms with van der Waals surface area (Å²) in [7, 11) is 1.65. The monoisotopic (exact) mass is 304 g/mol. The Labute approximate surface area is 129 Å². The molecule has 0 aliphatic carbocycles. The smallest absolute Gasteiger partial charge is 0.222 e. The van der Waals surface area contributed by atoms with Crippen molar-refractivity contribution in [2.75, 3.05) is 13.7 Å². The Kier molecular flexibility index (Phi) is 5.33. The Balaban J connectivity index is 1.93. The molecule has 0 aliphatic rings. The van der Waals surface area contributed by atoms with Crippen LogP contribution in [0, 0.1) is 5.92 Å². The molecule has 2 aromatic rings. The van der Waals surface area contributed by atoms with E-state index < -0.39 is 0 Å². The molecule has 0 bridgehead atoms. The highest BCUT2D eigenvalue weighted by atomic mass is 32.1. The summed E-state index contributed by atoms with van der Waals surface area (Å²) in [5, 5.41) is 5.94. The highest BCUT2D eigenvalue weighted by molar-refractivity contribution is 7.13. The molecular formula is C16H20N2O2S. The van der Waals surface area contributed by atoms with Gasteiger partial charge in [-0.1, -0.05) is 13.8 Å². The van der Waals surface area contributed by atoms with Crippen molar-refractivity contribution in [1.82, 2.24) is 10.3 Å². The fraction of sp³-hybridized carbons (Fsp3) is 0.375. The highest BCUT2D eigenvalue weighted by Crippen LogP contribution is 2.25. The summed E-state index contributed by atoms with van der Waals surface area (Å²) in [6, 6.07) is 7.86. The van der Waals surface area contributed by atoms with Gasteiger partial charge in [0.05, 0.1) is 12.8 Å². The molecule has 5 heteroatoms. The number of aromatic nitrogens is 1. The number of carbonyl (C=O) groups excluding carboxylic acids is 1. The number of ether oxygens (including phenoxy) is 1. The van der Waals surface area contributed by atoms with Crippen LogP contribution in [0.2, 0.25) is 0 Å². The molecule has 0 saturated heterocycles. The molecule has 1 aromatic heterocycles. The summed E-state index contributed by atoms with van der Waals surface area (Å²) in [6.07, 6.45) is 0.755. The predicted octanol–water partition coefficient (Wildman–Crippen LogP) is 3.13. The van der Waals surface area contributed by atoms with Crippen molar-refractivity contribution in [3.63, 3.8) is 0 Å². The Morgan fingerprint density at radius 2 is 2.05 bits per heavy atom. The maximum atomic E-state index is 11.5. The average molecular weight is 304 g/mol. The molecule has 1 amide bonds. The fourth-order valence-electron chi connectivity index (χ4n) is 1.81. The molecular weight excluding hydrogens is 284 g/mol. The van der Waals surface area contributed by atoms with Crippen LogP contribution in [0.3, 0.4) is 0 Å². The number of amides is 1. The topological polar surface area (TPSA) is 51.2 Å². The molecule has 2 rings (SSSR count). The van der Waals surface area contributed by atoms with Gasteiger partial charge in [-0.05, 0) is 24.3 Å². The number of hydrogen-bond donors (Lipinski definition) is 1. The largest absolute Gasteiger partial charge is 0.497 e. The first kappa shape index (κ1) is 15.5. The lowest BCUT2D eigenvalue weighted by Gasteiger charge is -2.05. The summed E-state index contributed by atoms with van der Waals surface area (Å²) in [6.45, 7) is 4.41. The molecule has 0 aliphatic heterocycles. The Morgan fingerprint density at radius 3 is 2.67 bits per heavy atom. The second-order valence-corrected chi connectivity index (χ2v) is 5.93. The van der Waals surface area contributed by atoms with Gasteiger partial charge < -0.3 is 10.1 Å². The van der Waals surface area contributed by atoms with E-state index >= 15 is 0 Å². The average Bonchev–Trinajstić information content (AvgIpc) is 2.96. The summed E-state index contributed by atoms with van der Waals surface area (Å²) in [5.41, 5.74) is 2.09. The van der Waals surface area contributed by atoms with Crippen LogP contribution in [-0.4, -0.2) is 24.5 Å². The number of benzene rings is 1. The zero-order valence-electron chi connectivity index (χ0n) is 12.6. The SMILES string of the molecule is COc1ccc(-c2nc(CCNC(=O)C(C)C)cs2)cc1. The number of rotatable bonds is 6. The number of carbonyl (C=O) groups is 1. The van der Waals surface area contributed by atoms with Crippen molar-refractivity contribution in [3.8, 4) is 16.3 Å². The number of methoxy groups -OCH3 is 1. The lowest BCUT2D eigenvalue weighted by molar-refractivity contribution is -0.123. The van der Waals surface area contributed by atoms with Gasteiger partial charge in [0.15, 0.2) is 0 Å². The van der Waals surface area contributed by atoms with E-state index in [0.717, 1.165) is 28.4 Å². The van der Waals surface area contributed by atoms with Crippen LogP contribution in [0.25, 0.3) is 10.6 Å². The number of nitrogens with zero attached hydrogens (tertiary/aromatic N) is 1. The maximum absolute atomic E-state index is 11.5. The van der Waals surface area contributed by atoms with Gasteiger partial charge in [-0.25, -0.2) is 4.98 Å². The molecule has 0 saturated carbocycles. The Bertz CT molecular complexity index is 591. The maximum Gasteiger partial charge on any atom is 0.222 e. The molecule has 1 aromatic carbocycles. The first-order chi connectivity index (χ1) is 10.1. The minimum absolute atomic E-state index is 0.0234. The van der Waals surface area contributed by atoms with Crippen LogP contribution >= 0.6 is 11.3 Å². The van der Waals surface area contributed by atoms with Crippen molar-refractivity contribution < 1.29 is 9.53 Å². The van der Waals surface area contributed by atoms with Crippen LogP contribution in [0.1, 0.15) is 19.5 Å². The molecule has 0 spiro atoms. The third kappa shape index (κ3) is 4.29. The first-order valence-electron chi connectivity index (χ1n) is 6.96. The van der Waals surface area contributed by atoms with E-state index in [2.05, 4.69) is 10.3 Å². The molecule has 0 radical (unpaired) electrons. The molecule has 0 unspecified atom stereocenters. The third-order valence-corrected chi connectivity index (χ3v) is 4.03. The van der Waals surface area contributed by atoms with E-state index in [4.69, 9.17) is 4.74 Å². The molecule has 0 fully saturated rings. The molecule has 21 heavy (non-hydrogen) atoms. The number of thiazole rings is 1. The van der Waals surface area contributed by atoms with Crippen LogP contribution in [-0.2, 0) is 11.2 Å². The Morgan fingerprint density at radius 1 is 1.33 bits per heavy atom. The molecule has 0 atom stereocenters. The van der Waals surface area contributed by atoms with Gasteiger partial charge in [0, 0.05) is 29.8 Å². The summed E-state index contributed by atoms with van der Waals surface area (Å²) < 4.78 is 5.15. The minimum Gasteiger partial charge on any atom is -0.497 e. The fourth-order valence-corrected chi connectivity index (χ4v) is 2.67. The van der Waals surface area contributed by atoms with Crippen LogP contribution in [0.15, 0.2) is 29.6 Å². The van der Waals surface area contributed by atoms with Crippen LogP contribution < -0.4 is 10.1 Å². The third-order valence-electron chi connectivity index (χ3n) is 3.09. The van der Waals surface area contributed by atoms with Crippen LogP contribution in [0.4, 0.5) is 0 Å². The summed E-state index contributed by atoms with van der Waals surface area (Å²) >= 11 is 1.62. The van der Waals surface area contributed by atoms with E-state index in [0.29, 0.717) is 6.54 Å². The van der Waals surface area contributed by atoms with Gasteiger partial charge >= 0.3 is 0 Å². The van der Waals surface area contributed by atoms with Crippen molar-refractivity contribution in [2.24, 2.45) is 5.92 Å². The highest BCUT2D eigenvalue weighted by Gasteiger charge is 2.08. The number of nitrogens with one attached hydrogen (secondary N) is 1. The van der Waals surface area contributed by atoms with Gasteiger partial charge in [0.1, 0.15) is 10.8 Å². The van der Waals surface area contributed by atoms with Crippen molar-refractivity contribution >= 4 is 17.2 Å². The van der Waals surface area contributed by atoms with Gasteiger partial charge in [-0.3, -0.25) is 4.79 Å². The van der Waals surface area contributed by atoms with E-state index in [1.165, 1.54) is 0 Å². The van der Waals surface area contributed by atoms with Gasteiger partial charge in [-0.2, -0.15) is 0 Å². The van der Waals surface area contributed by atoms with Crippen molar-refractivity contribution in [1.29, 1.82) is 0 Å². The van der Waals surface area contributed by atoms with E-state index in [-0.39, 0.29) is 11.8 Å². The molecule has 4 nitrogen and oxygen atoms in total. The van der Waals surface area contributed by atoms with Gasteiger partial charge in [-0.15, -0.1) is 11.3 Å². The van der Waals surface area contributed by atoms with E-state index in [9.17, 15) is 4.79 Å². The normalized spacial score (nSPS) is 10.7. The zero-order chi connectivity index (χ0) is 15.2. The second kappa shape index (κ2) is 7.22. The first-order valence-corrected chi connectivity index (χ1v) is 7.84. The van der Waals surface area contributed by atoms with Crippen LogP contribution in [0.5, 0.6) is 5.75 Å². The summed E-state index contributed by atoms with van der Waals surface area (Å²) in [5.74, 6) is 0.947. The van der Waals surface area contributed by atoms with Gasteiger partial charge in [0.25, 0.3) is 0 Å². The molecule has 1 N–H and O–H groups in total. The zero-order valence-corrected chi connectivity index (χ0v) is 13.4. The van der Waals surface area contributed by atoms with Gasteiger partial charge in [0.2, 0.25) is 5.91 Å². The number of hydrogen-bond acceptors (Lipinski definition) is 4. The molecule has 112 valence electrons. The molecule has 1 heterocycles. The predicted molar refractivity (Wildman–Crippen MR) is 85.7 cm³/mol. The minimum atomic E-state index is 0.0234. The standard InChI is InChI=1S/C16H20N2O2S/c1-11(2)15(19)17-9-8-13-10-21-16(18-13)12-4-6-14(20-3)7-5-12/h4-7,10-11H,8-9H2,1-3H3,(H,17,19). The quantitative estimate of drug-likeness (QED) is 0.892. The second-order valence-electron chi connectivity index (χ2n) is 5.07. The van der Waals surface area contributed by atoms with E-state index in [1.807, 2.05) is 43.5 Å².